The van der Waals surface area contributed by atoms with Crippen molar-refractivity contribution in [1.29, 1.82) is 0 Å². The Bertz CT molecular complexity index is 511. The molecule has 4 aliphatic rings. The van der Waals surface area contributed by atoms with E-state index in [4.69, 9.17) is 5.73 Å². The van der Waals surface area contributed by atoms with E-state index in [2.05, 4.69) is 0 Å². The average Bonchev–Trinajstić information content (AvgIpc) is 3.33. The lowest BCUT2D eigenvalue weighted by molar-refractivity contribution is -0.136. The molecule has 25 heavy (non-hydrogen) atoms. The number of nitrogens with two attached hydrogens (primary N) is 1. The zero-order chi connectivity index (χ0) is 16.7. The number of nitrogens with zero attached hydrogens (tertiary/aromatic N) is 3. The van der Waals surface area contributed by atoms with Crippen LogP contribution in [0.4, 0.5) is 4.79 Å². The van der Waals surface area contributed by atoms with Gasteiger partial charge in [0.2, 0.25) is 5.91 Å². The second-order valence-corrected chi connectivity index (χ2v) is 8.17. The van der Waals surface area contributed by atoms with E-state index in [-0.39, 0.29) is 36.3 Å². The largest absolute Gasteiger partial charge is 0.342 e. The Morgan fingerprint density at radius 3 is 2.24 bits per heavy atom. The molecule has 4 rings (SSSR count). The maximum atomic E-state index is 13.0. The lowest BCUT2D eigenvalue weighted by Crippen LogP contribution is -2.50. The van der Waals surface area contributed by atoms with Crippen molar-refractivity contribution in [3.63, 3.8) is 0 Å². The first-order valence-corrected chi connectivity index (χ1v) is 9.71. The molecule has 7 heteroatoms. The van der Waals surface area contributed by atoms with Gasteiger partial charge in [0.15, 0.2) is 0 Å². The zero-order valence-corrected chi connectivity index (χ0v) is 15.8. The molecule has 4 fully saturated rings. The molecule has 6 nitrogen and oxygen atoms in total. The van der Waals surface area contributed by atoms with Gasteiger partial charge in [-0.2, -0.15) is 0 Å². The summed E-state index contributed by atoms with van der Waals surface area (Å²) in [5, 5.41) is 0. The molecule has 3 amide bonds. The van der Waals surface area contributed by atoms with Crippen LogP contribution in [0.5, 0.6) is 0 Å². The van der Waals surface area contributed by atoms with E-state index in [0.717, 1.165) is 64.8 Å². The first-order valence-electron chi connectivity index (χ1n) is 9.71. The van der Waals surface area contributed by atoms with Gasteiger partial charge in [-0.15, -0.1) is 12.4 Å². The van der Waals surface area contributed by atoms with Gasteiger partial charge < -0.3 is 20.4 Å². The van der Waals surface area contributed by atoms with Crippen LogP contribution in [0.1, 0.15) is 38.5 Å². The van der Waals surface area contributed by atoms with Crippen molar-refractivity contribution in [3.8, 4) is 0 Å². The Kier molecular flexibility index (Phi) is 5.78. The molecule has 142 valence electrons. The van der Waals surface area contributed by atoms with E-state index in [9.17, 15) is 9.59 Å². The fourth-order valence-corrected chi connectivity index (χ4v) is 5.21. The smallest absolute Gasteiger partial charge is 0.320 e. The van der Waals surface area contributed by atoms with Gasteiger partial charge in [0, 0.05) is 45.3 Å². The number of urea groups is 1. The number of likely N-dealkylation sites (tertiary alicyclic amines) is 3. The van der Waals surface area contributed by atoms with E-state index < -0.39 is 0 Å². The highest BCUT2D eigenvalue weighted by molar-refractivity contribution is 5.85. The number of hydrogen-bond acceptors (Lipinski definition) is 3. The van der Waals surface area contributed by atoms with Gasteiger partial charge in [-0.3, -0.25) is 4.79 Å². The van der Waals surface area contributed by atoms with E-state index >= 15 is 0 Å². The second-order valence-electron chi connectivity index (χ2n) is 8.17. The fraction of sp³-hybridized carbons (Fsp3) is 0.889. The Balaban J connectivity index is 0.00000182. The third-order valence-corrected chi connectivity index (χ3v) is 6.64. The molecule has 4 unspecified atom stereocenters. The van der Waals surface area contributed by atoms with Crippen LogP contribution in [0.25, 0.3) is 0 Å². The molecule has 0 aromatic carbocycles. The van der Waals surface area contributed by atoms with Crippen molar-refractivity contribution in [2.24, 2.45) is 23.5 Å². The molecule has 4 atom stereocenters. The number of fused-ring (bicyclic) bond motifs is 1. The van der Waals surface area contributed by atoms with Crippen molar-refractivity contribution in [1.82, 2.24) is 14.7 Å². The maximum absolute atomic E-state index is 13.0. The molecule has 1 aliphatic carbocycles. The normalized spacial score (nSPS) is 34.8. The van der Waals surface area contributed by atoms with Crippen LogP contribution >= 0.6 is 12.4 Å². The minimum Gasteiger partial charge on any atom is -0.342 e. The van der Waals surface area contributed by atoms with Gasteiger partial charge >= 0.3 is 6.03 Å². The van der Waals surface area contributed by atoms with Crippen molar-refractivity contribution in [3.05, 3.63) is 0 Å². The monoisotopic (exact) mass is 370 g/mol. The minimum absolute atomic E-state index is 0. The second kappa shape index (κ2) is 7.70. The fourth-order valence-electron chi connectivity index (χ4n) is 5.21. The number of piperidine rings is 1. The first kappa shape index (κ1) is 18.8. The number of hydrogen-bond donors (Lipinski definition) is 1. The highest BCUT2D eigenvalue weighted by atomic mass is 35.5. The molecule has 0 aromatic rings. The molecular formula is C18H31ClN4O2. The topological polar surface area (TPSA) is 69.9 Å². The van der Waals surface area contributed by atoms with E-state index in [1.807, 2.05) is 14.7 Å². The van der Waals surface area contributed by atoms with E-state index in [0.29, 0.717) is 18.4 Å². The summed E-state index contributed by atoms with van der Waals surface area (Å²) < 4.78 is 0. The van der Waals surface area contributed by atoms with Gasteiger partial charge in [0.25, 0.3) is 0 Å². The Morgan fingerprint density at radius 1 is 0.800 bits per heavy atom. The van der Waals surface area contributed by atoms with Crippen molar-refractivity contribution >= 4 is 24.3 Å². The van der Waals surface area contributed by atoms with Crippen LogP contribution in [0, 0.1) is 17.8 Å². The van der Waals surface area contributed by atoms with Crippen LogP contribution < -0.4 is 5.73 Å². The van der Waals surface area contributed by atoms with Crippen LogP contribution in [0.2, 0.25) is 0 Å². The van der Waals surface area contributed by atoms with Gasteiger partial charge in [-0.1, -0.05) is 0 Å². The number of carbonyl (C=O) groups excluding carboxylic acids is 2. The Hall–Kier alpha value is -1.01. The maximum Gasteiger partial charge on any atom is 0.320 e. The third kappa shape index (κ3) is 3.61. The van der Waals surface area contributed by atoms with E-state index in [1.165, 1.54) is 6.42 Å². The summed E-state index contributed by atoms with van der Waals surface area (Å²) in [6.45, 7) is 4.87. The summed E-state index contributed by atoms with van der Waals surface area (Å²) in [5.41, 5.74) is 6.20. The molecule has 3 heterocycles. The number of halogens is 1. The van der Waals surface area contributed by atoms with Crippen LogP contribution in [0.3, 0.4) is 0 Å². The predicted octanol–water partition coefficient (Wildman–Crippen LogP) is 1.53. The molecule has 1 saturated carbocycles. The standard InChI is InChI=1S/C18H30N4O2.ClH/c19-16-6-5-13-10-22(12-15(13)16)17(23)14-4-3-9-21(11-14)18(24)20-7-1-2-8-20;/h13-16H,1-12,19H2;1H. The van der Waals surface area contributed by atoms with E-state index in [1.54, 1.807) is 0 Å². The summed E-state index contributed by atoms with van der Waals surface area (Å²) in [4.78, 5) is 31.5. The average molecular weight is 371 g/mol. The molecule has 2 N–H and O–H groups in total. The lowest BCUT2D eigenvalue weighted by Gasteiger charge is -2.36. The molecule has 0 aromatic heterocycles. The number of amides is 3. The molecular weight excluding hydrogens is 340 g/mol. The molecule has 0 bridgehead atoms. The summed E-state index contributed by atoms with van der Waals surface area (Å²) in [6.07, 6.45) is 6.35. The van der Waals surface area contributed by atoms with Crippen molar-refractivity contribution < 1.29 is 9.59 Å². The summed E-state index contributed by atoms with van der Waals surface area (Å²) in [5.74, 6) is 1.35. The van der Waals surface area contributed by atoms with Crippen molar-refractivity contribution in [2.75, 3.05) is 39.3 Å². The van der Waals surface area contributed by atoms with Crippen LogP contribution in [-0.2, 0) is 4.79 Å². The summed E-state index contributed by atoms with van der Waals surface area (Å²) in [7, 11) is 0. The van der Waals surface area contributed by atoms with Crippen molar-refractivity contribution in [2.45, 2.75) is 44.6 Å². The quantitative estimate of drug-likeness (QED) is 0.761. The first-order chi connectivity index (χ1) is 11.6. The third-order valence-electron chi connectivity index (χ3n) is 6.64. The SMILES string of the molecule is Cl.NC1CCC2CN(C(=O)C3CCCN(C(=O)N4CCCC4)C3)CC12. The number of carbonyl (C=O) groups is 2. The van der Waals surface area contributed by atoms with Crippen LogP contribution in [0.15, 0.2) is 0 Å². The highest BCUT2D eigenvalue weighted by Crippen LogP contribution is 2.38. The Morgan fingerprint density at radius 2 is 1.52 bits per heavy atom. The minimum atomic E-state index is -0.0136. The van der Waals surface area contributed by atoms with Crippen LogP contribution in [-0.4, -0.2) is 71.9 Å². The highest BCUT2D eigenvalue weighted by Gasteiger charge is 2.44. The zero-order valence-electron chi connectivity index (χ0n) is 14.9. The summed E-state index contributed by atoms with van der Waals surface area (Å²) >= 11 is 0. The Labute approximate surface area is 156 Å². The molecule has 0 radical (unpaired) electrons. The molecule has 3 saturated heterocycles. The summed E-state index contributed by atoms with van der Waals surface area (Å²) in [6, 6.07) is 0.415. The van der Waals surface area contributed by atoms with Gasteiger partial charge in [-0.05, 0) is 50.4 Å². The molecule has 0 spiro atoms. The van der Waals surface area contributed by atoms with Gasteiger partial charge in [0.05, 0.1) is 5.92 Å². The molecule has 3 aliphatic heterocycles. The van der Waals surface area contributed by atoms with Gasteiger partial charge in [0.1, 0.15) is 0 Å². The van der Waals surface area contributed by atoms with Gasteiger partial charge in [-0.25, -0.2) is 4.79 Å². The predicted molar refractivity (Wildman–Crippen MR) is 98.5 cm³/mol. The number of rotatable bonds is 1. The lowest BCUT2D eigenvalue weighted by atomic mass is 9.96.